The Morgan fingerprint density at radius 1 is 1.29 bits per heavy atom. The second kappa shape index (κ2) is 11.0. The molecular weight excluding hydrogens is 356 g/mol. The molecule has 28 heavy (non-hydrogen) atoms. The van der Waals surface area contributed by atoms with Crippen molar-refractivity contribution < 1.29 is 9.59 Å². The van der Waals surface area contributed by atoms with Gasteiger partial charge in [0.05, 0.1) is 37.4 Å². The summed E-state index contributed by atoms with van der Waals surface area (Å²) in [6, 6.07) is 9.54. The van der Waals surface area contributed by atoms with Gasteiger partial charge in [0.25, 0.3) is 0 Å². The maximum atomic E-state index is 12.6. The Hall–Kier alpha value is -2.97. The lowest BCUT2D eigenvalue weighted by Gasteiger charge is -2.33. The van der Waals surface area contributed by atoms with Gasteiger partial charge in [0.2, 0.25) is 11.8 Å². The maximum Gasteiger partial charge on any atom is 0.236 e. The van der Waals surface area contributed by atoms with Gasteiger partial charge in [-0.1, -0.05) is 6.07 Å². The number of pyridine rings is 1. The minimum atomic E-state index is -0.199. The van der Waals surface area contributed by atoms with Gasteiger partial charge in [-0.2, -0.15) is 10.5 Å². The van der Waals surface area contributed by atoms with E-state index in [2.05, 4.69) is 10.3 Å². The van der Waals surface area contributed by atoms with Crippen LogP contribution in [0.15, 0.2) is 18.2 Å². The zero-order valence-corrected chi connectivity index (χ0v) is 16.2. The molecule has 148 valence electrons. The fourth-order valence-electron chi connectivity index (χ4n) is 3.28. The highest BCUT2D eigenvalue weighted by Gasteiger charge is 2.28. The maximum absolute atomic E-state index is 12.6. The molecule has 8 nitrogen and oxygen atoms in total. The topological polar surface area (TPSA) is 113 Å². The standard InChI is InChI=1S/C20H26N6O2/c1-16-6-2-8-18(23-16)24-20(28)17-7-3-11-25(14-17)15-19(27)26(12-4-9-21)13-5-10-22/h2,6,8,17H,3-5,7,11-15H2,1H3,(H,23,24,28). The largest absolute Gasteiger partial charge is 0.340 e. The van der Waals surface area contributed by atoms with E-state index in [1.54, 1.807) is 11.0 Å². The van der Waals surface area contributed by atoms with Crippen molar-refractivity contribution in [2.24, 2.45) is 5.92 Å². The van der Waals surface area contributed by atoms with Crippen molar-refractivity contribution in [3.8, 4) is 12.1 Å². The van der Waals surface area contributed by atoms with Gasteiger partial charge in [-0.15, -0.1) is 0 Å². The van der Waals surface area contributed by atoms with Crippen LogP contribution in [0, 0.1) is 35.5 Å². The third-order valence-electron chi connectivity index (χ3n) is 4.71. The van der Waals surface area contributed by atoms with Crippen molar-refractivity contribution in [3.05, 3.63) is 23.9 Å². The summed E-state index contributed by atoms with van der Waals surface area (Å²) in [6.45, 7) is 3.98. The summed E-state index contributed by atoms with van der Waals surface area (Å²) in [6.07, 6.45) is 2.09. The summed E-state index contributed by atoms with van der Waals surface area (Å²) in [5, 5.41) is 20.4. The molecular formula is C20H26N6O2. The van der Waals surface area contributed by atoms with E-state index < -0.39 is 0 Å². The number of rotatable bonds is 8. The van der Waals surface area contributed by atoms with Gasteiger partial charge in [0.15, 0.2) is 0 Å². The monoisotopic (exact) mass is 382 g/mol. The highest BCUT2D eigenvalue weighted by atomic mass is 16.2. The normalized spacial score (nSPS) is 16.6. The number of hydrogen-bond acceptors (Lipinski definition) is 6. The van der Waals surface area contributed by atoms with Crippen LogP contribution in [0.3, 0.4) is 0 Å². The Morgan fingerprint density at radius 2 is 2.00 bits per heavy atom. The van der Waals surface area contributed by atoms with Gasteiger partial charge >= 0.3 is 0 Å². The van der Waals surface area contributed by atoms with Crippen LogP contribution in [0.25, 0.3) is 0 Å². The Bertz CT molecular complexity index is 749. The summed E-state index contributed by atoms with van der Waals surface area (Å²) < 4.78 is 0. The molecule has 0 aromatic carbocycles. The van der Waals surface area contributed by atoms with Gasteiger partial charge < -0.3 is 10.2 Å². The Morgan fingerprint density at radius 3 is 2.64 bits per heavy atom. The predicted molar refractivity (Wildman–Crippen MR) is 104 cm³/mol. The molecule has 2 rings (SSSR count). The number of aryl methyl sites for hydroxylation is 1. The number of aromatic nitrogens is 1. The molecule has 0 spiro atoms. The first-order chi connectivity index (χ1) is 13.5. The Balaban J connectivity index is 1.90. The van der Waals surface area contributed by atoms with Crippen molar-refractivity contribution in [3.63, 3.8) is 0 Å². The van der Waals surface area contributed by atoms with Crippen LogP contribution in [0.5, 0.6) is 0 Å². The van der Waals surface area contributed by atoms with Crippen LogP contribution in [-0.2, 0) is 9.59 Å². The number of carbonyl (C=O) groups is 2. The van der Waals surface area contributed by atoms with Crippen LogP contribution < -0.4 is 5.32 Å². The van der Waals surface area contributed by atoms with E-state index in [0.717, 1.165) is 25.1 Å². The van der Waals surface area contributed by atoms with Gasteiger partial charge in [0.1, 0.15) is 5.82 Å². The van der Waals surface area contributed by atoms with E-state index in [-0.39, 0.29) is 37.1 Å². The van der Waals surface area contributed by atoms with E-state index in [1.807, 2.05) is 36.1 Å². The first-order valence-corrected chi connectivity index (χ1v) is 9.52. The summed E-state index contributed by atoms with van der Waals surface area (Å²) >= 11 is 0. The van der Waals surface area contributed by atoms with E-state index in [1.165, 1.54) is 0 Å². The molecule has 1 aromatic rings. The zero-order valence-electron chi connectivity index (χ0n) is 16.2. The van der Waals surface area contributed by atoms with Crippen molar-refractivity contribution >= 4 is 17.6 Å². The third-order valence-corrected chi connectivity index (χ3v) is 4.71. The summed E-state index contributed by atoms with van der Waals surface area (Å²) in [7, 11) is 0. The van der Waals surface area contributed by atoms with Gasteiger partial charge in [0, 0.05) is 25.3 Å². The first kappa shape index (κ1) is 21.3. The van der Waals surface area contributed by atoms with E-state index in [0.29, 0.717) is 25.5 Å². The molecule has 1 fully saturated rings. The minimum absolute atomic E-state index is 0.0823. The molecule has 1 unspecified atom stereocenters. The number of carbonyl (C=O) groups excluding carboxylic acids is 2. The highest BCUT2D eigenvalue weighted by molar-refractivity contribution is 5.92. The van der Waals surface area contributed by atoms with Crippen LogP contribution in [0.1, 0.15) is 31.4 Å². The lowest BCUT2D eigenvalue weighted by atomic mass is 9.97. The molecule has 1 aliphatic heterocycles. The molecule has 1 aliphatic rings. The lowest BCUT2D eigenvalue weighted by Crippen LogP contribution is -2.46. The van der Waals surface area contributed by atoms with Crippen molar-refractivity contribution in [1.29, 1.82) is 10.5 Å². The third kappa shape index (κ3) is 6.64. The second-order valence-corrected chi connectivity index (χ2v) is 6.92. The van der Waals surface area contributed by atoms with Crippen LogP contribution >= 0.6 is 0 Å². The second-order valence-electron chi connectivity index (χ2n) is 6.92. The summed E-state index contributed by atoms with van der Waals surface area (Å²) in [5.41, 5.74) is 0.837. The minimum Gasteiger partial charge on any atom is -0.340 e. The number of amides is 2. The smallest absolute Gasteiger partial charge is 0.236 e. The number of anilines is 1. The predicted octanol–water partition coefficient (Wildman–Crippen LogP) is 1.70. The van der Waals surface area contributed by atoms with Crippen LogP contribution in [-0.4, -0.2) is 59.3 Å². The number of nitriles is 2. The summed E-state index contributed by atoms with van der Waals surface area (Å²) in [4.78, 5) is 33.0. The van der Waals surface area contributed by atoms with Gasteiger partial charge in [-0.05, 0) is 38.4 Å². The number of piperidine rings is 1. The van der Waals surface area contributed by atoms with E-state index in [4.69, 9.17) is 10.5 Å². The van der Waals surface area contributed by atoms with E-state index in [9.17, 15) is 9.59 Å². The molecule has 1 atom stereocenters. The Labute approximate surface area is 165 Å². The van der Waals surface area contributed by atoms with Crippen LogP contribution in [0.2, 0.25) is 0 Å². The number of hydrogen-bond donors (Lipinski definition) is 1. The Kier molecular flexibility index (Phi) is 8.38. The fraction of sp³-hybridized carbons (Fsp3) is 0.550. The van der Waals surface area contributed by atoms with Crippen molar-refractivity contribution in [2.45, 2.75) is 32.6 Å². The quantitative estimate of drug-likeness (QED) is 0.732. The molecule has 0 radical (unpaired) electrons. The molecule has 1 saturated heterocycles. The highest BCUT2D eigenvalue weighted by Crippen LogP contribution is 2.18. The average Bonchev–Trinajstić information content (AvgIpc) is 2.68. The number of likely N-dealkylation sites (tertiary alicyclic amines) is 1. The average molecular weight is 382 g/mol. The molecule has 1 aromatic heterocycles. The first-order valence-electron chi connectivity index (χ1n) is 9.52. The lowest BCUT2D eigenvalue weighted by molar-refractivity contribution is -0.133. The number of nitrogens with one attached hydrogen (secondary N) is 1. The fourth-order valence-corrected chi connectivity index (χ4v) is 3.28. The van der Waals surface area contributed by atoms with Gasteiger partial charge in [-0.3, -0.25) is 14.5 Å². The summed E-state index contributed by atoms with van der Waals surface area (Å²) in [5.74, 6) is 0.154. The molecule has 2 heterocycles. The number of nitrogens with zero attached hydrogens (tertiary/aromatic N) is 5. The molecule has 8 heteroatoms. The molecule has 0 aliphatic carbocycles. The molecule has 2 amide bonds. The van der Waals surface area contributed by atoms with Crippen molar-refractivity contribution in [2.75, 3.05) is 38.0 Å². The van der Waals surface area contributed by atoms with Crippen LogP contribution in [0.4, 0.5) is 5.82 Å². The molecule has 1 N–H and O–H groups in total. The SMILES string of the molecule is Cc1cccc(NC(=O)C2CCCN(CC(=O)N(CCC#N)CCC#N)C2)n1. The van der Waals surface area contributed by atoms with Crippen molar-refractivity contribution in [1.82, 2.24) is 14.8 Å². The van der Waals surface area contributed by atoms with Gasteiger partial charge in [-0.25, -0.2) is 4.98 Å². The zero-order chi connectivity index (χ0) is 20.4. The molecule has 0 saturated carbocycles. The van der Waals surface area contributed by atoms with E-state index >= 15 is 0 Å². The molecule has 0 bridgehead atoms.